The summed E-state index contributed by atoms with van der Waals surface area (Å²) in [5.74, 6) is 1.16. The van der Waals surface area contributed by atoms with E-state index >= 15 is 0 Å². The fourth-order valence-electron chi connectivity index (χ4n) is 3.42. The number of anilines is 1. The fraction of sp³-hybridized carbons (Fsp3) is 0.391. The second-order valence-corrected chi connectivity index (χ2v) is 8.58. The Morgan fingerprint density at radius 1 is 0.968 bits per heavy atom. The van der Waals surface area contributed by atoms with E-state index in [4.69, 9.17) is 19.2 Å². The molecule has 0 saturated carbocycles. The van der Waals surface area contributed by atoms with E-state index in [0.29, 0.717) is 41.0 Å². The minimum Gasteiger partial charge on any atom is -0.493 e. The third kappa shape index (κ3) is 4.75. The number of amides is 1. The number of likely N-dealkylation sites (N-methyl/N-ethyl adjacent to an activating group) is 1. The molecule has 0 aliphatic carbocycles. The van der Waals surface area contributed by atoms with Gasteiger partial charge in [-0.15, -0.1) is 0 Å². The zero-order valence-electron chi connectivity index (χ0n) is 19.1. The lowest BCUT2D eigenvalue weighted by Gasteiger charge is -2.23. The van der Waals surface area contributed by atoms with Crippen molar-refractivity contribution in [1.82, 2.24) is 9.88 Å². The largest absolute Gasteiger partial charge is 0.493 e. The average Bonchev–Trinajstić information content (AvgIpc) is 3.16. The van der Waals surface area contributed by atoms with Gasteiger partial charge in [-0.05, 0) is 57.3 Å². The number of fused-ring (bicyclic) bond motifs is 1. The molecule has 3 rings (SSSR count). The zero-order valence-corrected chi connectivity index (χ0v) is 19.9. The van der Waals surface area contributed by atoms with Crippen molar-refractivity contribution in [3.63, 3.8) is 0 Å². The van der Waals surface area contributed by atoms with Gasteiger partial charge in [0.15, 0.2) is 16.6 Å². The van der Waals surface area contributed by atoms with Gasteiger partial charge in [0, 0.05) is 18.7 Å². The van der Waals surface area contributed by atoms with Gasteiger partial charge in [0.2, 0.25) is 5.75 Å². The summed E-state index contributed by atoms with van der Waals surface area (Å²) in [5.41, 5.74) is 3.66. The van der Waals surface area contributed by atoms with E-state index in [1.54, 1.807) is 17.0 Å². The first-order valence-electron chi connectivity index (χ1n) is 9.93. The highest BCUT2D eigenvalue weighted by Gasteiger charge is 2.25. The number of carbonyl (C=O) groups excluding carboxylic acids is 1. The summed E-state index contributed by atoms with van der Waals surface area (Å²) in [6.07, 6.45) is 0. The van der Waals surface area contributed by atoms with Gasteiger partial charge < -0.3 is 19.1 Å². The van der Waals surface area contributed by atoms with Crippen LogP contribution in [0.1, 0.15) is 21.5 Å². The van der Waals surface area contributed by atoms with Crippen LogP contribution in [0.5, 0.6) is 17.2 Å². The number of hydrogen-bond acceptors (Lipinski definition) is 7. The molecule has 7 nitrogen and oxygen atoms in total. The molecule has 166 valence electrons. The molecule has 0 saturated heterocycles. The predicted molar refractivity (Wildman–Crippen MR) is 125 cm³/mol. The molecule has 0 fully saturated rings. The molecule has 1 amide bonds. The van der Waals surface area contributed by atoms with Gasteiger partial charge in [-0.1, -0.05) is 17.4 Å². The molecule has 0 aliphatic rings. The molecule has 3 aromatic rings. The zero-order chi connectivity index (χ0) is 22.7. The third-order valence-corrected chi connectivity index (χ3v) is 6.20. The van der Waals surface area contributed by atoms with Crippen LogP contribution < -0.4 is 19.1 Å². The van der Waals surface area contributed by atoms with Crippen LogP contribution in [0, 0.1) is 13.8 Å². The summed E-state index contributed by atoms with van der Waals surface area (Å²) in [5, 5.41) is 0.671. The van der Waals surface area contributed by atoms with Crippen molar-refractivity contribution < 1.29 is 19.0 Å². The summed E-state index contributed by atoms with van der Waals surface area (Å²) in [7, 11) is 8.57. The Morgan fingerprint density at radius 2 is 1.61 bits per heavy atom. The molecular formula is C23H29N3O4S. The van der Waals surface area contributed by atoms with Crippen LogP contribution in [-0.4, -0.2) is 64.3 Å². The van der Waals surface area contributed by atoms with E-state index in [9.17, 15) is 4.79 Å². The van der Waals surface area contributed by atoms with Crippen molar-refractivity contribution in [3.05, 3.63) is 41.0 Å². The van der Waals surface area contributed by atoms with E-state index in [1.165, 1.54) is 32.7 Å². The van der Waals surface area contributed by atoms with Crippen LogP contribution in [0.3, 0.4) is 0 Å². The van der Waals surface area contributed by atoms with Crippen molar-refractivity contribution in [1.29, 1.82) is 0 Å². The highest BCUT2D eigenvalue weighted by Crippen LogP contribution is 2.39. The Bertz CT molecular complexity index is 1070. The number of aryl methyl sites for hydroxylation is 2. The van der Waals surface area contributed by atoms with Crippen LogP contribution in [0.2, 0.25) is 0 Å². The molecule has 0 N–H and O–H groups in total. The second kappa shape index (κ2) is 9.53. The number of nitrogens with zero attached hydrogens (tertiary/aromatic N) is 3. The van der Waals surface area contributed by atoms with Gasteiger partial charge >= 0.3 is 0 Å². The molecule has 1 aromatic heterocycles. The van der Waals surface area contributed by atoms with Gasteiger partial charge in [-0.3, -0.25) is 9.69 Å². The number of thiazole rings is 1. The topological polar surface area (TPSA) is 64.1 Å². The molecule has 0 aliphatic heterocycles. The maximum atomic E-state index is 13.6. The Kier molecular flexibility index (Phi) is 7.02. The second-order valence-electron chi connectivity index (χ2n) is 7.60. The first-order chi connectivity index (χ1) is 14.8. The average molecular weight is 444 g/mol. The summed E-state index contributed by atoms with van der Waals surface area (Å²) >= 11 is 1.53. The Hall–Kier alpha value is -2.84. The summed E-state index contributed by atoms with van der Waals surface area (Å²) in [4.78, 5) is 22.2. The van der Waals surface area contributed by atoms with Gasteiger partial charge in [0.1, 0.15) is 0 Å². The number of benzene rings is 2. The Labute approximate surface area is 187 Å². The van der Waals surface area contributed by atoms with E-state index in [1.807, 2.05) is 19.0 Å². The Morgan fingerprint density at radius 3 is 2.16 bits per heavy atom. The molecule has 1 heterocycles. The molecule has 0 unspecified atom stereocenters. The third-order valence-electron chi connectivity index (χ3n) is 4.97. The number of aromatic nitrogens is 1. The van der Waals surface area contributed by atoms with E-state index < -0.39 is 0 Å². The van der Waals surface area contributed by atoms with Crippen molar-refractivity contribution in [2.24, 2.45) is 0 Å². The lowest BCUT2D eigenvalue weighted by atomic mass is 10.1. The molecule has 0 radical (unpaired) electrons. The number of hydrogen-bond donors (Lipinski definition) is 0. The molecule has 8 heteroatoms. The fourth-order valence-corrected chi connectivity index (χ4v) is 4.46. The van der Waals surface area contributed by atoms with Crippen LogP contribution in [0.25, 0.3) is 10.2 Å². The number of methoxy groups -OCH3 is 3. The smallest absolute Gasteiger partial charge is 0.260 e. The van der Waals surface area contributed by atoms with Crippen molar-refractivity contribution in [2.45, 2.75) is 13.8 Å². The van der Waals surface area contributed by atoms with E-state index in [0.717, 1.165) is 21.3 Å². The minimum absolute atomic E-state index is 0.172. The van der Waals surface area contributed by atoms with Gasteiger partial charge in [-0.2, -0.15) is 0 Å². The van der Waals surface area contributed by atoms with E-state index in [2.05, 4.69) is 26.0 Å². The summed E-state index contributed by atoms with van der Waals surface area (Å²) in [6, 6.07) is 7.54. The standard InChI is InChI=1S/C23H29N3O4S/c1-14-10-15(2)21-17(11-14)24-23(31-21)26(9-8-25(3)4)22(27)16-12-18(28-5)20(30-7)19(13-16)29-6/h10-13H,8-9H2,1-7H3. The first kappa shape index (κ1) is 22.8. The normalized spacial score (nSPS) is 11.1. The van der Waals surface area contributed by atoms with Crippen LogP contribution in [0.4, 0.5) is 5.13 Å². The highest BCUT2D eigenvalue weighted by atomic mass is 32.1. The lowest BCUT2D eigenvalue weighted by Crippen LogP contribution is -2.36. The Balaban J connectivity index is 2.09. The maximum absolute atomic E-state index is 13.6. The van der Waals surface area contributed by atoms with Gasteiger partial charge in [-0.25, -0.2) is 4.98 Å². The van der Waals surface area contributed by atoms with E-state index in [-0.39, 0.29) is 5.91 Å². The van der Waals surface area contributed by atoms with Gasteiger partial charge in [0.25, 0.3) is 5.91 Å². The first-order valence-corrected chi connectivity index (χ1v) is 10.7. The van der Waals surface area contributed by atoms with Crippen molar-refractivity contribution in [2.75, 3.05) is 53.4 Å². The lowest BCUT2D eigenvalue weighted by molar-refractivity contribution is 0.0984. The number of rotatable bonds is 8. The molecule has 0 atom stereocenters. The summed E-state index contributed by atoms with van der Waals surface area (Å²) < 4.78 is 17.3. The highest BCUT2D eigenvalue weighted by molar-refractivity contribution is 7.22. The SMILES string of the molecule is COc1cc(C(=O)N(CCN(C)C)c2nc3cc(C)cc(C)c3s2)cc(OC)c1OC. The molecule has 31 heavy (non-hydrogen) atoms. The predicted octanol–water partition coefficient (Wildman–Crippen LogP) is 4.15. The number of ether oxygens (including phenoxy) is 3. The molecule has 2 aromatic carbocycles. The molecule has 0 bridgehead atoms. The summed E-state index contributed by atoms with van der Waals surface area (Å²) in [6.45, 7) is 5.32. The van der Waals surface area contributed by atoms with Crippen molar-refractivity contribution >= 4 is 32.6 Å². The maximum Gasteiger partial charge on any atom is 0.260 e. The molecular weight excluding hydrogens is 414 g/mol. The van der Waals surface area contributed by atoms with Crippen molar-refractivity contribution in [3.8, 4) is 17.2 Å². The van der Waals surface area contributed by atoms with Crippen LogP contribution in [-0.2, 0) is 0 Å². The van der Waals surface area contributed by atoms with Gasteiger partial charge in [0.05, 0.1) is 31.5 Å². The van der Waals surface area contributed by atoms with Crippen LogP contribution >= 0.6 is 11.3 Å². The molecule has 0 spiro atoms. The van der Waals surface area contributed by atoms with Crippen LogP contribution in [0.15, 0.2) is 24.3 Å². The minimum atomic E-state index is -0.172. The number of carbonyl (C=O) groups is 1. The quantitative estimate of drug-likeness (QED) is 0.521. The monoisotopic (exact) mass is 443 g/mol.